The number of nitrogens with zero attached hydrogens (tertiary/aromatic N) is 5. The Balaban J connectivity index is 1.59. The smallest absolute Gasteiger partial charge is 0.373 e. The van der Waals surface area contributed by atoms with Gasteiger partial charge in [0.15, 0.2) is 11.6 Å². The van der Waals surface area contributed by atoms with E-state index in [1.54, 1.807) is 43.7 Å². The molecule has 0 aliphatic rings. The molecule has 10 nitrogen and oxygen atoms in total. The Morgan fingerprint density at radius 1 is 1.12 bits per heavy atom. The molecule has 0 fully saturated rings. The van der Waals surface area contributed by atoms with Gasteiger partial charge in [-0.05, 0) is 11.6 Å². The topological polar surface area (TPSA) is 133 Å². The van der Waals surface area contributed by atoms with Gasteiger partial charge in [-0.2, -0.15) is 31.8 Å². The summed E-state index contributed by atoms with van der Waals surface area (Å²) >= 11 is 0. The van der Waals surface area contributed by atoms with Gasteiger partial charge in [-0.15, -0.1) is 0 Å². The lowest BCUT2D eigenvalue weighted by Gasteiger charge is -2.09. The van der Waals surface area contributed by atoms with Crippen LogP contribution in [0.5, 0.6) is 5.75 Å². The number of hydrogen-bond donors (Lipinski definition) is 1. The van der Waals surface area contributed by atoms with E-state index in [1.807, 2.05) is 0 Å². The van der Waals surface area contributed by atoms with Gasteiger partial charge in [-0.3, -0.25) is 14.6 Å². The Morgan fingerprint density at radius 3 is 2.50 bits per heavy atom. The molecule has 0 unspecified atom stereocenters. The molecule has 0 bridgehead atoms. The molecule has 14 heteroatoms. The standard InChI is InChI=1S/C20H15F3N6O4S/c1-29-11-16(14-7-26-27-8-14)18(30)17(28-29)6-12-3-2-4-13(5-12)19-24-9-15(10-25-19)33-34(31,32)20(21,22)23/h2-5,7-11H,6H2,1H3,(H,26,27). The van der Waals surface area contributed by atoms with Crippen LogP contribution in [0.2, 0.25) is 0 Å². The van der Waals surface area contributed by atoms with Crippen LogP contribution >= 0.6 is 0 Å². The normalized spacial score (nSPS) is 12.0. The number of aryl methyl sites for hydroxylation is 1. The molecule has 0 saturated heterocycles. The van der Waals surface area contributed by atoms with E-state index in [2.05, 4.69) is 29.4 Å². The second-order valence-electron chi connectivity index (χ2n) is 7.08. The molecule has 4 aromatic rings. The summed E-state index contributed by atoms with van der Waals surface area (Å²) in [5.74, 6) is -0.562. The minimum absolute atomic E-state index is 0.117. The van der Waals surface area contributed by atoms with Crippen molar-refractivity contribution in [2.45, 2.75) is 11.9 Å². The minimum atomic E-state index is -5.82. The second-order valence-corrected chi connectivity index (χ2v) is 8.62. The highest BCUT2D eigenvalue weighted by Gasteiger charge is 2.48. The Morgan fingerprint density at radius 2 is 1.85 bits per heavy atom. The number of alkyl halides is 3. The first kappa shape index (κ1) is 23.1. The molecule has 34 heavy (non-hydrogen) atoms. The molecule has 4 rings (SSSR count). The molecule has 1 aromatic carbocycles. The molecule has 0 radical (unpaired) electrons. The van der Waals surface area contributed by atoms with Crippen LogP contribution in [0.1, 0.15) is 11.3 Å². The van der Waals surface area contributed by atoms with Gasteiger partial charge in [0.05, 0.1) is 24.2 Å². The van der Waals surface area contributed by atoms with Crippen LogP contribution in [0.3, 0.4) is 0 Å². The van der Waals surface area contributed by atoms with Crippen molar-refractivity contribution in [3.8, 4) is 28.3 Å². The lowest BCUT2D eigenvalue weighted by molar-refractivity contribution is -0.0500. The summed E-state index contributed by atoms with van der Waals surface area (Å²) in [6, 6.07) is 6.80. The third-order valence-electron chi connectivity index (χ3n) is 4.58. The maximum Gasteiger partial charge on any atom is 0.534 e. The van der Waals surface area contributed by atoms with Crippen molar-refractivity contribution in [1.29, 1.82) is 0 Å². The molecule has 3 aromatic heterocycles. The largest absolute Gasteiger partial charge is 0.534 e. The van der Waals surface area contributed by atoms with Crippen LogP contribution < -0.4 is 9.61 Å². The van der Waals surface area contributed by atoms with Gasteiger partial charge in [0.1, 0.15) is 5.69 Å². The maximum absolute atomic E-state index is 12.9. The zero-order valence-electron chi connectivity index (χ0n) is 17.3. The first-order chi connectivity index (χ1) is 16.0. The highest BCUT2D eigenvalue weighted by molar-refractivity contribution is 7.88. The summed E-state index contributed by atoms with van der Waals surface area (Å²) in [4.78, 5) is 20.7. The molecule has 0 saturated carbocycles. The third kappa shape index (κ3) is 4.80. The molecule has 0 aliphatic heterocycles. The van der Waals surface area contributed by atoms with Gasteiger partial charge in [-0.25, -0.2) is 9.97 Å². The van der Waals surface area contributed by atoms with Crippen LogP contribution in [0.4, 0.5) is 13.2 Å². The summed E-state index contributed by atoms with van der Waals surface area (Å²) in [6.45, 7) is 0. The van der Waals surface area contributed by atoms with E-state index in [0.717, 1.165) is 12.4 Å². The van der Waals surface area contributed by atoms with Crippen molar-refractivity contribution >= 4 is 10.1 Å². The Bertz CT molecular complexity index is 1480. The van der Waals surface area contributed by atoms with E-state index in [9.17, 15) is 26.4 Å². The predicted octanol–water partition coefficient (Wildman–Crippen LogP) is 2.45. The summed E-state index contributed by atoms with van der Waals surface area (Å²) in [6.07, 6.45) is 6.58. The Hall–Kier alpha value is -4.07. The van der Waals surface area contributed by atoms with Crippen molar-refractivity contribution < 1.29 is 25.8 Å². The van der Waals surface area contributed by atoms with Crippen molar-refractivity contribution in [3.05, 3.63) is 76.7 Å². The average Bonchev–Trinajstić information content (AvgIpc) is 3.30. The van der Waals surface area contributed by atoms with Crippen molar-refractivity contribution in [2.75, 3.05) is 0 Å². The quantitative estimate of drug-likeness (QED) is 0.321. The number of halogens is 3. The van der Waals surface area contributed by atoms with Gasteiger partial charge >= 0.3 is 15.6 Å². The van der Waals surface area contributed by atoms with Gasteiger partial charge in [-0.1, -0.05) is 18.2 Å². The zero-order valence-corrected chi connectivity index (χ0v) is 18.1. The number of rotatable bonds is 6. The van der Waals surface area contributed by atoms with Crippen molar-refractivity contribution in [3.63, 3.8) is 0 Å². The highest BCUT2D eigenvalue weighted by atomic mass is 32.2. The van der Waals surface area contributed by atoms with E-state index >= 15 is 0 Å². The molecule has 176 valence electrons. The first-order valence-electron chi connectivity index (χ1n) is 9.51. The number of hydrogen-bond acceptors (Lipinski definition) is 8. The van der Waals surface area contributed by atoms with E-state index in [1.165, 1.54) is 10.9 Å². The van der Waals surface area contributed by atoms with E-state index in [4.69, 9.17) is 0 Å². The first-order valence-corrected chi connectivity index (χ1v) is 10.9. The van der Waals surface area contributed by atoms with Crippen LogP contribution in [0.15, 0.2) is 60.0 Å². The third-order valence-corrected chi connectivity index (χ3v) is 5.56. The molecule has 3 heterocycles. The molecule has 0 aliphatic carbocycles. The van der Waals surface area contributed by atoms with Gasteiger partial charge in [0.2, 0.25) is 5.43 Å². The monoisotopic (exact) mass is 492 g/mol. The number of nitrogens with one attached hydrogen (secondary N) is 1. The second kappa shape index (κ2) is 8.70. The SMILES string of the molecule is Cn1cc(-c2cn[nH]c2)c(=O)c(Cc2cccc(-c3ncc(OS(=O)(=O)C(F)(F)F)cn3)c2)n1. The van der Waals surface area contributed by atoms with Crippen LogP contribution in [-0.2, 0) is 23.6 Å². The average molecular weight is 492 g/mol. The van der Waals surface area contributed by atoms with Crippen LogP contribution in [0, 0.1) is 0 Å². The molecule has 0 atom stereocenters. The van der Waals surface area contributed by atoms with E-state index in [-0.39, 0.29) is 17.7 Å². The summed E-state index contributed by atoms with van der Waals surface area (Å²) in [5, 5.41) is 10.8. The lowest BCUT2D eigenvalue weighted by atomic mass is 10.0. The molecule has 0 amide bonds. The van der Waals surface area contributed by atoms with Crippen molar-refractivity contribution in [2.24, 2.45) is 7.05 Å². The summed E-state index contributed by atoms with van der Waals surface area (Å²) < 4.78 is 65.1. The van der Waals surface area contributed by atoms with Crippen LogP contribution in [0.25, 0.3) is 22.5 Å². The zero-order chi connectivity index (χ0) is 24.5. The fourth-order valence-electron chi connectivity index (χ4n) is 3.08. The minimum Gasteiger partial charge on any atom is -0.373 e. The predicted molar refractivity (Wildman–Crippen MR) is 113 cm³/mol. The molecular formula is C20H15F3N6O4S. The van der Waals surface area contributed by atoms with Gasteiger partial charge < -0.3 is 4.18 Å². The number of aromatic nitrogens is 6. The maximum atomic E-state index is 12.9. The highest BCUT2D eigenvalue weighted by Crippen LogP contribution is 2.27. The Kier molecular flexibility index (Phi) is 5.91. The fourth-order valence-corrected chi connectivity index (χ4v) is 3.51. The van der Waals surface area contributed by atoms with E-state index in [0.29, 0.717) is 27.9 Å². The van der Waals surface area contributed by atoms with Crippen molar-refractivity contribution in [1.82, 2.24) is 29.9 Å². The number of benzene rings is 1. The summed E-state index contributed by atoms with van der Waals surface area (Å²) in [5.41, 5.74) is -3.28. The molecular weight excluding hydrogens is 477 g/mol. The van der Waals surface area contributed by atoms with Gasteiger partial charge in [0.25, 0.3) is 0 Å². The lowest BCUT2D eigenvalue weighted by Crippen LogP contribution is -2.28. The number of aromatic amines is 1. The molecule has 0 spiro atoms. The van der Waals surface area contributed by atoms with Crippen LogP contribution in [-0.4, -0.2) is 43.9 Å². The van der Waals surface area contributed by atoms with E-state index < -0.39 is 21.4 Å². The molecule has 1 N–H and O–H groups in total. The fraction of sp³-hybridized carbons (Fsp3) is 0.150. The summed E-state index contributed by atoms with van der Waals surface area (Å²) in [7, 11) is -4.13. The number of H-pyrrole nitrogens is 1. The Labute approximate surface area is 190 Å². The van der Waals surface area contributed by atoms with Gasteiger partial charge in [0, 0.05) is 37.0 Å².